The third kappa shape index (κ3) is 4.42. The van der Waals surface area contributed by atoms with Gasteiger partial charge in [0.15, 0.2) is 12.6 Å². The van der Waals surface area contributed by atoms with Crippen molar-refractivity contribution in [3.8, 4) is 11.5 Å². The molecule has 0 bridgehead atoms. The monoisotopic (exact) mass is 345 g/mol. The maximum absolute atomic E-state index is 13.7. The highest BCUT2D eigenvalue weighted by atomic mass is 19.4. The van der Waals surface area contributed by atoms with Gasteiger partial charge in [0.1, 0.15) is 17.2 Å². The Morgan fingerprint density at radius 3 is 2.62 bits per heavy atom. The van der Waals surface area contributed by atoms with E-state index in [9.17, 15) is 22.4 Å². The number of carbonyl (C=O) groups is 1. The van der Waals surface area contributed by atoms with Gasteiger partial charge in [-0.3, -0.25) is 4.79 Å². The van der Waals surface area contributed by atoms with Crippen LogP contribution in [-0.4, -0.2) is 31.0 Å². The van der Waals surface area contributed by atoms with Crippen LogP contribution in [0.1, 0.15) is 16.1 Å². The molecule has 2 rings (SSSR count). The van der Waals surface area contributed by atoms with Gasteiger partial charge in [-0.05, 0) is 30.3 Å². The molecule has 0 fully saturated rings. The molecule has 0 aliphatic heterocycles. The lowest BCUT2D eigenvalue weighted by atomic mass is 10.1. The maximum atomic E-state index is 13.7. The second-order valence-electron chi connectivity index (χ2n) is 4.42. The first kappa shape index (κ1) is 17.7. The molecule has 0 radical (unpaired) electrons. The SMILES string of the molecule is COCOc1ccc(OC(F)(F)F)cc1C(=O)c1ncccc1F. The highest BCUT2D eigenvalue weighted by molar-refractivity contribution is 6.09. The molecule has 0 saturated heterocycles. The van der Waals surface area contributed by atoms with Gasteiger partial charge >= 0.3 is 6.36 Å². The Labute approximate surface area is 133 Å². The van der Waals surface area contributed by atoms with Gasteiger partial charge in [-0.25, -0.2) is 9.37 Å². The summed E-state index contributed by atoms with van der Waals surface area (Å²) in [6.07, 6.45) is -3.76. The van der Waals surface area contributed by atoms with E-state index < -0.39 is 29.4 Å². The Morgan fingerprint density at radius 2 is 2.00 bits per heavy atom. The summed E-state index contributed by atoms with van der Waals surface area (Å²) >= 11 is 0. The molecule has 1 aromatic heterocycles. The van der Waals surface area contributed by atoms with Crippen LogP contribution in [0.4, 0.5) is 17.6 Å². The highest BCUT2D eigenvalue weighted by Crippen LogP contribution is 2.30. The number of carbonyl (C=O) groups excluding carboxylic acids is 1. The van der Waals surface area contributed by atoms with Crippen molar-refractivity contribution in [1.29, 1.82) is 0 Å². The van der Waals surface area contributed by atoms with Gasteiger partial charge < -0.3 is 14.2 Å². The minimum absolute atomic E-state index is 0.0959. The predicted octanol–water partition coefficient (Wildman–Crippen LogP) is 3.33. The number of pyridine rings is 1. The largest absolute Gasteiger partial charge is 0.573 e. The van der Waals surface area contributed by atoms with Crippen LogP contribution >= 0.6 is 0 Å². The van der Waals surface area contributed by atoms with Gasteiger partial charge in [-0.15, -0.1) is 13.2 Å². The number of halogens is 4. The molecule has 0 N–H and O–H groups in total. The molecule has 0 atom stereocenters. The normalized spacial score (nSPS) is 11.2. The van der Waals surface area contributed by atoms with Crippen LogP contribution in [0.2, 0.25) is 0 Å². The first-order chi connectivity index (χ1) is 11.3. The number of rotatable bonds is 6. The summed E-state index contributed by atoms with van der Waals surface area (Å²) in [4.78, 5) is 16.0. The molecule has 0 aliphatic carbocycles. The number of hydrogen-bond donors (Lipinski definition) is 0. The van der Waals surface area contributed by atoms with Gasteiger partial charge in [0.2, 0.25) is 5.78 Å². The molecule has 2 aromatic rings. The molecule has 24 heavy (non-hydrogen) atoms. The topological polar surface area (TPSA) is 57.7 Å². The third-order valence-electron chi connectivity index (χ3n) is 2.74. The fraction of sp³-hybridized carbons (Fsp3) is 0.200. The molecule has 128 valence electrons. The average Bonchev–Trinajstić information content (AvgIpc) is 2.52. The van der Waals surface area contributed by atoms with E-state index >= 15 is 0 Å². The predicted molar refractivity (Wildman–Crippen MR) is 73.3 cm³/mol. The van der Waals surface area contributed by atoms with Crippen molar-refractivity contribution in [2.24, 2.45) is 0 Å². The first-order valence-corrected chi connectivity index (χ1v) is 6.48. The first-order valence-electron chi connectivity index (χ1n) is 6.48. The van der Waals surface area contributed by atoms with E-state index in [0.717, 1.165) is 24.3 Å². The van der Waals surface area contributed by atoms with Crippen molar-refractivity contribution in [3.63, 3.8) is 0 Å². The molecule has 5 nitrogen and oxygen atoms in total. The number of ether oxygens (including phenoxy) is 3. The number of benzene rings is 1. The summed E-state index contributed by atoms with van der Waals surface area (Å²) in [7, 11) is 1.32. The van der Waals surface area contributed by atoms with E-state index in [0.29, 0.717) is 0 Å². The van der Waals surface area contributed by atoms with Gasteiger partial charge in [0, 0.05) is 13.3 Å². The van der Waals surface area contributed by atoms with Crippen molar-refractivity contribution in [3.05, 3.63) is 53.6 Å². The Bertz CT molecular complexity index is 734. The Kier molecular flexibility index (Phi) is 5.35. The number of nitrogens with zero attached hydrogens (tertiary/aromatic N) is 1. The molecule has 9 heteroatoms. The average molecular weight is 345 g/mol. The third-order valence-corrected chi connectivity index (χ3v) is 2.74. The van der Waals surface area contributed by atoms with Crippen LogP contribution in [0.3, 0.4) is 0 Å². The number of alkyl halides is 3. The summed E-state index contributed by atoms with van der Waals surface area (Å²) in [6, 6.07) is 5.14. The van der Waals surface area contributed by atoms with Gasteiger partial charge in [-0.1, -0.05) is 0 Å². The van der Waals surface area contributed by atoms with Crippen LogP contribution in [0.25, 0.3) is 0 Å². The number of methoxy groups -OCH3 is 1. The number of ketones is 1. The standard InChI is InChI=1S/C15H11F4NO4/c1-22-8-23-12-5-4-9(24-15(17,18)19)7-10(12)14(21)13-11(16)3-2-6-20-13/h2-7H,8H2,1H3. The summed E-state index contributed by atoms with van der Waals surface area (Å²) < 4.78 is 64.3. The molecule has 0 saturated carbocycles. The van der Waals surface area contributed by atoms with Crippen molar-refractivity contribution in [1.82, 2.24) is 4.98 Å². The number of hydrogen-bond acceptors (Lipinski definition) is 5. The van der Waals surface area contributed by atoms with Gasteiger partial charge in [0.25, 0.3) is 0 Å². The van der Waals surface area contributed by atoms with Crippen LogP contribution in [0, 0.1) is 5.82 Å². The fourth-order valence-electron chi connectivity index (χ4n) is 1.81. The van der Waals surface area contributed by atoms with E-state index in [1.54, 1.807) is 0 Å². The summed E-state index contributed by atoms with van der Waals surface area (Å²) in [6.45, 7) is -0.259. The minimum Gasteiger partial charge on any atom is -0.467 e. The maximum Gasteiger partial charge on any atom is 0.573 e. The van der Waals surface area contributed by atoms with Crippen LogP contribution in [0.15, 0.2) is 36.5 Å². The molecule has 1 heterocycles. The summed E-state index contributed by atoms with van der Waals surface area (Å²) in [5.74, 6) is -2.61. The Balaban J connectivity index is 2.45. The fourth-order valence-corrected chi connectivity index (χ4v) is 1.81. The van der Waals surface area contributed by atoms with E-state index in [4.69, 9.17) is 4.74 Å². The minimum atomic E-state index is -4.94. The Morgan fingerprint density at radius 1 is 1.25 bits per heavy atom. The lowest BCUT2D eigenvalue weighted by molar-refractivity contribution is -0.274. The molecular weight excluding hydrogens is 334 g/mol. The second-order valence-corrected chi connectivity index (χ2v) is 4.42. The van der Waals surface area contributed by atoms with E-state index in [1.807, 2.05) is 0 Å². The molecule has 0 spiro atoms. The van der Waals surface area contributed by atoms with Gasteiger partial charge in [-0.2, -0.15) is 0 Å². The molecule has 1 aromatic carbocycles. The van der Waals surface area contributed by atoms with Crippen molar-refractivity contribution in [2.45, 2.75) is 6.36 Å². The second kappa shape index (κ2) is 7.26. The zero-order valence-electron chi connectivity index (χ0n) is 12.3. The zero-order chi connectivity index (χ0) is 17.7. The summed E-state index contributed by atoms with van der Waals surface area (Å²) in [5.41, 5.74) is -0.893. The van der Waals surface area contributed by atoms with Crippen LogP contribution in [0.5, 0.6) is 11.5 Å². The van der Waals surface area contributed by atoms with E-state index in [1.165, 1.54) is 19.4 Å². The van der Waals surface area contributed by atoms with Crippen LogP contribution in [-0.2, 0) is 4.74 Å². The lowest BCUT2D eigenvalue weighted by Gasteiger charge is -2.13. The van der Waals surface area contributed by atoms with E-state index in [2.05, 4.69) is 14.5 Å². The lowest BCUT2D eigenvalue weighted by Crippen LogP contribution is -2.18. The highest BCUT2D eigenvalue weighted by Gasteiger charge is 2.32. The van der Waals surface area contributed by atoms with Crippen molar-refractivity contribution < 1.29 is 36.6 Å². The van der Waals surface area contributed by atoms with Crippen LogP contribution < -0.4 is 9.47 Å². The molecular formula is C15H11F4NO4. The van der Waals surface area contributed by atoms with Crippen molar-refractivity contribution >= 4 is 5.78 Å². The molecule has 0 unspecified atom stereocenters. The van der Waals surface area contributed by atoms with Gasteiger partial charge in [0.05, 0.1) is 5.56 Å². The smallest absolute Gasteiger partial charge is 0.467 e. The zero-order valence-corrected chi connectivity index (χ0v) is 12.3. The Hall–Kier alpha value is -2.68. The summed E-state index contributed by atoms with van der Waals surface area (Å²) in [5, 5.41) is 0. The number of aromatic nitrogens is 1. The van der Waals surface area contributed by atoms with Crippen molar-refractivity contribution in [2.75, 3.05) is 13.9 Å². The quantitative estimate of drug-likeness (QED) is 0.457. The molecule has 0 amide bonds. The van der Waals surface area contributed by atoms with E-state index in [-0.39, 0.29) is 18.1 Å². The molecule has 0 aliphatic rings.